The van der Waals surface area contributed by atoms with Crippen LogP contribution in [0.1, 0.15) is 42.1 Å². The number of thiophene rings is 1. The van der Waals surface area contributed by atoms with Gasteiger partial charge in [0.2, 0.25) is 10.0 Å². The Morgan fingerprint density at radius 2 is 1.69 bits per heavy atom. The molecule has 2 aromatic carbocycles. The lowest BCUT2D eigenvalue weighted by Gasteiger charge is -2.26. The molecule has 36 heavy (non-hydrogen) atoms. The van der Waals surface area contributed by atoms with E-state index in [1.807, 2.05) is 0 Å². The zero-order chi connectivity index (χ0) is 25.8. The van der Waals surface area contributed by atoms with Crippen molar-refractivity contribution in [1.82, 2.24) is 9.73 Å². The molecule has 0 saturated carbocycles. The van der Waals surface area contributed by atoms with E-state index in [-0.39, 0.29) is 20.4 Å². The topological polar surface area (TPSA) is 125 Å². The molecule has 12 heteroatoms. The van der Waals surface area contributed by atoms with Gasteiger partial charge in [-0.25, -0.2) is 22.3 Å². The smallest absolute Gasteiger partial charge is 0.273 e. The third-order valence-corrected chi connectivity index (χ3v) is 10.4. The Balaban J connectivity index is 1.51. The first-order valence-electron chi connectivity index (χ1n) is 11.3. The van der Waals surface area contributed by atoms with Crippen LogP contribution in [0.2, 0.25) is 0 Å². The summed E-state index contributed by atoms with van der Waals surface area (Å²) in [7, 11) is -7.44. The van der Waals surface area contributed by atoms with E-state index in [2.05, 4.69) is 15.2 Å². The molecule has 0 spiro atoms. The van der Waals surface area contributed by atoms with Crippen molar-refractivity contribution in [2.24, 2.45) is 5.10 Å². The second-order valence-electron chi connectivity index (χ2n) is 8.21. The molecule has 9 nitrogen and oxygen atoms in total. The highest BCUT2D eigenvalue weighted by Crippen LogP contribution is 2.24. The molecule has 2 N–H and O–H groups in total. The van der Waals surface area contributed by atoms with Gasteiger partial charge < -0.3 is 0 Å². The van der Waals surface area contributed by atoms with E-state index in [9.17, 15) is 21.6 Å². The number of hydrazone groups is 1. The molecule has 4 rings (SSSR count). The van der Waals surface area contributed by atoms with Crippen molar-refractivity contribution in [3.63, 3.8) is 0 Å². The lowest BCUT2D eigenvalue weighted by molar-refractivity contribution is 0.0955. The van der Waals surface area contributed by atoms with Crippen LogP contribution in [0.3, 0.4) is 0 Å². The molecule has 1 saturated heterocycles. The third kappa shape index (κ3) is 5.84. The van der Waals surface area contributed by atoms with Crippen LogP contribution >= 0.6 is 11.3 Å². The minimum atomic E-state index is -3.84. The number of para-hydroxylation sites is 1. The number of carbonyl (C=O) groups is 1. The van der Waals surface area contributed by atoms with E-state index in [1.165, 1.54) is 28.6 Å². The summed E-state index contributed by atoms with van der Waals surface area (Å²) in [6, 6.07) is 15.8. The van der Waals surface area contributed by atoms with Gasteiger partial charge in [0.15, 0.2) is 0 Å². The number of piperidine rings is 1. The van der Waals surface area contributed by atoms with Gasteiger partial charge >= 0.3 is 0 Å². The average Bonchev–Trinajstić information content (AvgIpc) is 3.44. The van der Waals surface area contributed by atoms with Crippen molar-refractivity contribution in [3.8, 4) is 0 Å². The van der Waals surface area contributed by atoms with Gasteiger partial charge in [-0.15, -0.1) is 11.3 Å². The summed E-state index contributed by atoms with van der Waals surface area (Å²) in [6.45, 7) is 2.66. The molecule has 1 amide bonds. The molecule has 1 aliphatic rings. The van der Waals surface area contributed by atoms with Gasteiger partial charge in [-0.2, -0.15) is 9.41 Å². The molecule has 1 aromatic heterocycles. The minimum Gasteiger partial charge on any atom is -0.278 e. The molecule has 0 atom stereocenters. The Kier molecular flexibility index (Phi) is 7.88. The molecule has 2 heterocycles. The van der Waals surface area contributed by atoms with Crippen LogP contribution in [0.25, 0.3) is 0 Å². The second kappa shape index (κ2) is 10.9. The fraction of sp³-hybridized carbons (Fsp3) is 0.250. The lowest BCUT2D eigenvalue weighted by Crippen LogP contribution is -2.35. The Hall–Kier alpha value is -3.06. The Morgan fingerprint density at radius 1 is 0.944 bits per heavy atom. The molecule has 190 valence electrons. The van der Waals surface area contributed by atoms with Gasteiger partial charge in [-0.1, -0.05) is 36.8 Å². The van der Waals surface area contributed by atoms with Crippen molar-refractivity contribution < 1.29 is 21.6 Å². The van der Waals surface area contributed by atoms with E-state index in [1.54, 1.807) is 48.7 Å². The quantitative estimate of drug-likeness (QED) is 0.328. The summed E-state index contributed by atoms with van der Waals surface area (Å²) in [6.07, 6.45) is 2.71. The van der Waals surface area contributed by atoms with E-state index < -0.39 is 26.0 Å². The highest BCUT2D eigenvalue weighted by Gasteiger charge is 2.26. The largest absolute Gasteiger partial charge is 0.278 e. The van der Waals surface area contributed by atoms with Crippen molar-refractivity contribution in [3.05, 3.63) is 77.2 Å². The van der Waals surface area contributed by atoms with Crippen molar-refractivity contribution >= 4 is 48.7 Å². The number of hydrogen-bond acceptors (Lipinski definition) is 7. The van der Waals surface area contributed by atoms with Crippen LogP contribution in [-0.4, -0.2) is 45.8 Å². The molecular formula is C24H26N4O5S3. The van der Waals surface area contributed by atoms with Gasteiger partial charge in [0.1, 0.15) is 4.21 Å². The van der Waals surface area contributed by atoms with Gasteiger partial charge in [-0.3, -0.25) is 9.52 Å². The zero-order valence-corrected chi connectivity index (χ0v) is 22.0. The predicted molar refractivity (Wildman–Crippen MR) is 140 cm³/mol. The Morgan fingerprint density at radius 3 is 2.42 bits per heavy atom. The van der Waals surface area contributed by atoms with Gasteiger partial charge in [0.05, 0.1) is 21.9 Å². The first-order valence-corrected chi connectivity index (χ1v) is 15.1. The fourth-order valence-electron chi connectivity index (χ4n) is 3.78. The third-order valence-electron chi connectivity index (χ3n) is 5.71. The average molecular weight is 547 g/mol. The molecule has 0 unspecified atom stereocenters. The SMILES string of the molecule is CC(=NNC(=O)c1ccccc1NS(=O)(=O)c1cccs1)c1cccc(S(=O)(=O)N2CCCCC2)c1. The molecular weight excluding hydrogens is 520 g/mol. The lowest BCUT2D eigenvalue weighted by atomic mass is 10.1. The van der Waals surface area contributed by atoms with Gasteiger partial charge in [0, 0.05) is 13.1 Å². The van der Waals surface area contributed by atoms with E-state index in [4.69, 9.17) is 0 Å². The van der Waals surface area contributed by atoms with E-state index >= 15 is 0 Å². The van der Waals surface area contributed by atoms with Crippen LogP contribution in [0.15, 0.2) is 80.2 Å². The Labute approximate surface area is 215 Å². The highest BCUT2D eigenvalue weighted by molar-refractivity contribution is 7.94. The molecule has 0 aliphatic carbocycles. The van der Waals surface area contributed by atoms with Gasteiger partial charge in [-0.05, 0) is 61.0 Å². The monoisotopic (exact) mass is 546 g/mol. The molecule has 3 aromatic rings. The predicted octanol–water partition coefficient (Wildman–Crippen LogP) is 3.88. The first-order chi connectivity index (χ1) is 17.2. The number of amides is 1. The van der Waals surface area contributed by atoms with Crippen LogP contribution in [0, 0.1) is 0 Å². The standard InChI is InChI=1S/C24H26N4O5S3/c1-18(19-9-7-10-20(17-19)36(32,33)28-14-5-2-6-15-28)25-26-24(29)21-11-3-4-12-22(21)27-35(30,31)23-13-8-16-34-23/h3-4,7-13,16-17,27H,2,5-6,14-15H2,1H3,(H,26,29). The summed E-state index contributed by atoms with van der Waals surface area (Å²) in [5, 5.41) is 5.78. The summed E-state index contributed by atoms with van der Waals surface area (Å²) < 4.78 is 55.3. The van der Waals surface area contributed by atoms with Crippen molar-refractivity contribution in [2.45, 2.75) is 35.3 Å². The molecule has 0 bridgehead atoms. The van der Waals surface area contributed by atoms with Crippen LogP contribution in [0.5, 0.6) is 0 Å². The van der Waals surface area contributed by atoms with Crippen molar-refractivity contribution in [1.29, 1.82) is 0 Å². The molecule has 1 fully saturated rings. The van der Waals surface area contributed by atoms with E-state index in [0.29, 0.717) is 24.4 Å². The molecule has 1 aliphatic heterocycles. The van der Waals surface area contributed by atoms with Crippen LogP contribution < -0.4 is 10.1 Å². The summed E-state index contributed by atoms with van der Waals surface area (Å²) in [4.78, 5) is 13.0. The highest BCUT2D eigenvalue weighted by atomic mass is 32.2. The maximum absolute atomic E-state index is 13.0. The molecule has 0 radical (unpaired) electrons. The first kappa shape index (κ1) is 26.0. The number of carbonyl (C=O) groups excluding carboxylic acids is 1. The van der Waals surface area contributed by atoms with Crippen LogP contribution in [-0.2, 0) is 20.0 Å². The van der Waals surface area contributed by atoms with E-state index in [0.717, 1.165) is 30.6 Å². The fourth-order valence-corrected chi connectivity index (χ4v) is 7.41. The number of sulfonamides is 2. The van der Waals surface area contributed by atoms with Gasteiger partial charge in [0.25, 0.3) is 15.9 Å². The zero-order valence-electron chi connectivity index (χ0n) is 19.5. The van der Waals surface area contributed by atoms with Crippen molar-refractivity contribution in [2.75, 3.05) is 17.8 Å². The second-order valence-corrected chi connectivity index (χ2v) is 13.0. The number of anilines is 1. The number of benzene rings is 2. The number of hydrogen-bond donors (Lipinski definition) is 2. The summed E-state index contributed by atoms with van der Waals surface area (Å²) in [5.41, 5.74) is 3.59. The summed E-state index contributed by atoms with van der Waals surface area (Å²) in [5.74, 6) is -0.615. The normalized spacial score (nSPS) is 15.4. The Bertz CT molecular complexity index is 1480. The maximum Gasteiger partial charge on any atom is 0.273 e. The number of nitrogens with zero attached hydrogens (tertiary/aromatic N) is 2. The maximum atomic E-state index is 13.0. The summed E-state index contributed by atoms with van der Waals surface area (Å²) >= 11 is 1.07. The number of nitrogens with one attached hydrogen (secondary N) is 2. The minimum absolute atomic E-state index is 0.0932. The van der Waals surface area contributed by atoms with Crippen LogP contribution in [0.4, 0.5) is 5.69 Å². The number of rotatable bonds is 8.